The van der Waals surface area contributed by atoms with Crippen molar-refractivity contribution in [3.05, 3.63) is 10.1 Å². The fourth-order valence-electron chi connectivity index (χ4n) is 0.938. The number of hydrogen-bond acceptors (Lipinski definition) is 3. The molecule has 0 spiro atoms. The van der Waals surface area contributed by atoms with Crippen molar-refractivity contribution in [1.29, 1.82) is 0 Å². The van der Waals surface area contributed by atoms with E-state index in [0.717, 1.165) is 4.90 Å². The molecule has 0 fully saturated rings. The molecule has 0 saturated carbocycles. The van der Waals surface area contributed by atoms with Crippen molar-refractivity contribution in [1.82, 2.24) is 4.90 Å². The Morgan fingerprint density at radius 2 is 1.87 bits per heavy atom. The van der Waals surface area contributed by atoms with E-state index < -0.39 is 21.0 Å². The molecule has 6 nitrogen and oxygen atoms in total. The van der Waals surface area contributed by atoms with Crippen LogP contribution in [0.25, 0.3) is 0 Å². The summed E-state index contributed by atoms with van der Waals surface area (Å²) in [4.78, 5) is 22.1. The lowest BCUT2D eigenvalue weighted by Crippen LogP contribution is -2.52. The smallest absolute Gasteiger partial charge is 0.408 e. The summed E-state index contributed by atoms with van der Waals surface area (Å²) in [6.45, 7) is 6.17. The van der Waals surface area contributed by atoms with Gasteiger partial charge in [-0.3, -0.25) is 15.0 Å². The van der Waals surface area contributed by atoms with Gasteiger partial charge in [-0.1, -0.05) is 0 Å². The SMILES string of the molecule is CC(C)(C)N(CC(C)(Br)[N+](=O)[O-])C(=O)O. The Labute approximate surface area is 96.5 Å². The second kappa shape index (κ2) is 4.34. The van der Waals surface area contributed by atoms with E-state index in [0.29, 0.717) is 0 Å². The van der Waals surface area contributed by atoms with Crippen LogP contribution in [0.1, 0.15) is 27.7 Å². The van der Waals surface area contributed by atoms with Gasteiger partial charge in [-0.15, -0.1) is 0 Å². The van der Waals surface area contributed by atoms with Crippen LogP contribution in [0.15, 0.2) is 0 Å². The number of nitro groups is 1. The zero-order valence-electron chi connectivity index (χ0n) is 9.15. The highest BCUT2D eigenvalue weighted by molar-refractivity contribution is 9.10. The van der Waals surface area contributed by atoms with Gasteiger partial charge in [-0.25, -0.2) is 4.79 Å². The fourth-order valence-corrected chi connectivity index (χ4v) is 1.19. The molecule has 0 aromatic carbocycles. The molecule has 1 unspecified atom stereocenters. The molecular formula is C8H15BrN2O4. The molecule has 0 aliphatic rings. The summed E-state index contributed by atoms with van der Waals surface area (Å²) >= 11 is 2.90. The summed E-state index contributed by atoms with van der Waals surface area (Å²) in [5.41, 5.74) is -0.670. The van der Waals surface area contributed by atoms with E-state index in [9.17, 15) is 14.9 Å². The van der Waals surface area contributed by atoms with Crippen LogP contribution in [0.4, 0.5) is 4.79 Å². The first kappa shape index (κ1) is 14.2. The molecule has 0 bridgehead atoms. The minimum Gasteiger partial charge on any atom is -0.465 e. The topological polar surface area (TPSA) is 83.7 Å². The van der Waals surface area contributed by atoms with E-state index in [1.807, 2.05) is 0 Å². The molecule has 0 aromatic heterocycles. The third kappa shape index (κ3) is 4.03. The Morgan fingerprint density at radius 3 is 2.07 bits per heavy atom. The molecule has 1 N–H and O–H groups in total. The van der Waals surface area contributed by atoms with E-state index in [1.54, 1.807) is 20.8 Å². The Hall–Kier alpha value is -0.850. The lowest BCUT2D eigenvalue weighted by atomic mass is 10.1. The van der Waals surface area contributed by atoms with Crippen molar-refractivity contribution in [3.63, 3.8) is 0 Å². The van der Waals surface area contributed by atoms with E-state index in [1.165, 1.54) is 6.92 Å². The van der Waals surface area contributed by atoms with Gasteiger partial charge in [0.1, 0.15) is 6.54 Å². The predicted octanol–water partition coefficient (Wildman–Crippen LogP) is 2.15. The third-order valence-electron chi connectivity index (χ3n) is 1.87. The van der Waals surface area contributed by atoms with Crippen molar-refractivity contribution in [3.8, 4) is 0 Å². The predicted molar refractivity (Wildman–Crippen MR) is 58.8 cm³/mol. The molecule has 0 aromatic rings. The monoisotopic (exact) mass is 282 g/mol. The molecule has 88 valence electrons. The summed E-state index contributed by atoms with van der Waals surface area (Å²) in [5.74, 6) is 0. The minimum absolute atomic E-state index is 0.209. The van der Waals surface area contributed by atoms with Gasteiger partial charge >= 0.3 is 6.09 Å². The summed E-state index contributed by atoms with van der Waals surface area (Å²) in [6, 6.07) is 0. The van der Waals surface area contributed by atoms with Crippen molar-refractivity contribution in [2.24, 2.45) is 0 Å². The van der Waals surface area contributed by atoms with Gasteiger partial charge in [0.15, 0.2) is 0 Å². The third-order valence-corrected chi connectivity index (χ3v) is 2.41. The van der Waals surface area contributed by atoms with E-state index >= 15 is 0 Å². The molecule has 1 atom stereocenters. The average molecular weight is 283 g/mol. The molecule has 0 heterocycles. The highest BCUT2D eigenvalue weighted by Crippen LogP contribution is 2.24. The standard InChI is InChI=1S/C8H15BrN2O4/c1-7(2,3)10(6(12)13)5-8(4,9)11(14)15/h5H2,1-4H3,(H,12,13). The number of halogens is 1. The number of carbonyl (C=O) groups is 1. The van der Waals surface area contributed by atoms with Crippen molar-refractivity contribution < 1.29 is 14.8 Å². The van der Waals surface area contributed by atoms with Gasteiger partial charge in [0, 0.05) is 33.3 Å². The van der Waals surface area contributed by atoms with Crippen LogP contribution in [-0.4, -0.2) is 37.6 Å². The number of alkyl halides is 1. The number of carboxylic acid groups (broad SMARTS) is 1. The first-order valence-corrected chi connectivity index (χ1v) is 5.12. The normalized spacial score (nSPS) is 15.5. The van der Waals surface area contributed by atoms with E-state index in [4.69, 9.17) is 5.11 Å². The number of amides is 1. The lowest BCUT2D eigenvalue weighted by molar-refractivity contribution is -0.531. The lowest BCUT2D eigenvalue weighted by Gasteiger charge is -2.34. The number of rotatable bonds is 3. The maximum absolute atomic E-state index is 10.9. The molecule has 0 radical (unpaired) electrons. The van der Waals surface area contributed by atoms with Gasteiger partial charge in [-0.05, 0) is 20.8 Å². The number of hydrogen-bond donors (Lipinski definition) is 1. The highest BCUT2D eigenvalue weighted by Gasteiger charge is 2.41. The fraction of sp³-hybridized carbons (Fsp3) is 0.875. The molecule has 0 aliphatic heterocycles. The summed E-state index contributed by atoms with van der Waals surface area (Å²) in [7, 11) is 0. The van der Waals surface area contributed by atoms with Crippen molar-refractivity contribution in [2.45, 2.75) is 37.7 Å². The maximum atomic E-state index is 10.9. The van der Waals surface area contributed by atoms with Crippen LogP contribution in [0.3, 0.4) is 0 Å². The summed E-state index contributed by atoms with van der Waals surface area (Å²) in [6.07, 6.45) is -1.17. The van der Waals surface area contributed by atoms with Crippen LogP contribution < -0.4 is 0 Å². The van der Waals surface area contributed by atoms with Crippen LogP contribution in [0.2, 0.25) is 0 Å². The second-order valence-electron chi connectivity index (χ2n) is 4.44. The van der Waals surface area contributed by atoms with Crippen LogP contribution in [0.5, 0.6) is 0 Å². The van der Waals surface area contributed by atoms with Gasteiger partial charge in [0.2, 0.25) is 0 Å². The van der Waals surface area contributed by atoms with Gasteiger partial charge in [0.25, 0.3) is 4.45 Å². The Morgan fingerprint density at radius 1 is 1.47 bits per heavy atom. The average Bonchev–Trinajstić information content (AvgIpc) is 1.97. The van der Waals surface area contributed by atoms with Crippen molar-refractivity contribution in [2.75, 3.05) is 6.54 Å². The highest BCUT2D eigenvalue weighted by atomic mass is 79.9. The first-order valence-electron chi connectivity index (χ1n) is 4.32. The number of nitrogens with zero attached hydrogens (tertiary/aromatic N) is 2. The Kier molecular flexibility index (Phi) is 4.09. The molecule has 1 amide bonds. The first-order chi connectivity index (χ1) is 6.48. The quantitative estimate of drug-likeness (QED) is 0.372. The second-order valence-corrected chi connectivity index (χ2v) is 6.15. The molecule has 15 heavy (non-hydrogen) atoms. The zero-order chi connectivity index (χ0) is 12.4. The zero-order valence-corrected chi connectivity index (χ0v) is 10.7. The Bertz CT molecular complexity index is 272. The molecule has 0 saturated heterocycles. The van der Waals surface area contributed by atoms with E-state index in [-0.39, 0.29) is 6.54 Å². The van der Waals surface area contributed by atoms with Crippen LogP contribution in [-0.2, 0) is 0 Å². The molecule has 7 heteroatoms. The molecule has 0 aliphatic carbocycles. The van der Waals surface area contributed by atoms with Crippen LogP contribution >= 0.6 is 15.9 Å². The van der Waals surface area contributed by atoms with Gasteiger partial charge < -0.3 is 5.11 Å². The van der Waals surface area contributed by atoms with Gasteiger partial charge in [-0.2, -0.15) is 0 Å². The van der Waals surface area contributed by atoms with Gasteiger partial charge in [0.05, 0.1) is 0 Å². The van der Waals surface area contributed by atoms with Crippen LogP contribution in [0, 0.1) is 10.1 Å². The Balaban J connectivity index is 4.87. The summed E-state index contributed by atoms with van der Waals surface area (Å²) < 4.78 is -1.46. The minimum atomic E-state index is -1.46. The molecular weight excluding hydrogens is 268 g/mol. The largest absolute Gasteiger partial charge is 0.465 e. The maximum Gasteiger partial charge on any atom is 0.408 e. The van der Waals surface area contributed by atoms with E-state index in [2.05, 4.69) is 15.9 Å². The molecule has 0 rings (SSSR count). The summed E-state index contributed by atoms with van der Waals surface area (Å²) in [5, 5.41) is 19.6. The van der Waals surface area contributed by atoms with Crippen molar-refractivity contribution >= 4 is 22.0 Å².